The van der Waals surface area contributed by atoms with Gasteiger partial charge < -0.3 is 15.0 Å². The monoisotopic (exact) mass is 461 g/mol. The molecule has 1 rings (SSSR count). The molecule has 0 aliphatic carbocycles. The van der Waals surface area contributed by atoms with E-state index in [1.54, 1.807) is 20.9 Å². The number of ether oxygens (including phenoxy) is 1. The van der Waals surface area contributed by atoms with Crippen LogP contribution in [0.5, 0.6) is 0 Å². The Labute approximate surface area is 158 Å². The van der Waals surface area contributed by atoms with Gasteiger partial charge in [-0.2, -0.15) is 0 Å². The van der Waals surface area contributed by atoms with Gasteiger partial charge in [0.15, 0.2) is 15.8 Å². The maximum absolute atomic E-state index is 12.0. The van der Waals surface area contributed by atoms with Gasteiger partial charge in [0.1, 0.15) is 0 Å². The van der Waals surface area contributed by atoms with E-state index in [9.17, 15) is 8.42 Å². The Bertz CT molecular complexity index is 478. The number of guanidine groups is 1. The molecular formula is C15H32IN3O3S. The maximum Gasteiger partial charge on any atom is 0.193 e. The van der Waals surface area contributed by atoms with Gasteiger partial charge >= 0.3 is 0 Å². The van der Waals surface area contributed by atoms with E-state index in [2.05, 4.69) is 24.2 Å². The minimum absolute atomic E-state index is 0. The molecule has 0 spiro atoms. The number of halogens is 1. The molecule has 1 saturated heterocycles. The van der Waals surface area contributed by atoms with E-state index >= 15 is 0 Å². The Morgan fingerprint density at radius 3 is 2.57 bits per heavy atom. The first-order valence-electron chi connectivity index (χ1n) is 7.95. The zero-order valence-corrected chi connectivity index (χ0v) is 18.1. The van der Waals surface area contributed by atoms with Crippen molar-refractivity contribution in [2.24, 2.45) is 10.9 Å². The van der Waals surface area contributed by atoms with Crippen molar-refractivity contribution in [3.63, 3.8) is 0 Å². The largest absolute Gasteiger partial charge is 0.381 e. The molecule has 0 saturated carbocycles. The number of hydrogen-bond acceptors (Lipinski definition) is 4. The molecule has 1 aliphatic rings. The van der Waals surface area contributed by atoms with Gasteiger partial charge in [0.25, 0.3) is 0 Å². The smallest absolute Gasteiger partial charge is 0.193 e. The summed E-state index contributed by atoms with van der Waals surface area (Å²) in [5, 5.41) is 3.29. The van der Waals surface area contributed by atoms with Crippen LogP contribution >= 0.6 is 24.0 Å². The van der Waals surface area contributed by atoms with Crippen LogP contribution < -0.4 is 5.32 Å². The van der Waals surface area contributed by atoms with Gasteiger partial charge in [-0.15, -0.1) is 24.0 Å². The first-order valence-corrected chi connectivity index (χ1v) is 9.60. The van der Waals surface area contributed by atoms with E-state index < -0.39 is 14.6 Å². The summed E-state index contributed by atoms with van der Waals surface area (Å²) >= 11 is 0. The highest BCUT2D eigenvalue weighted by Gasteiger charge is 2.40. The molecule has 1 aliphatic heterocycles. The summed E-state index contributed by atoms with van der Waals surface area (Å²) in [6, 6.07) is 0. The average molecular weight is 461 g/mol. The predicted molar refractivity (Wildman–Crippen MR) is 106 cm³/mol. The highest BCUT2D eigenvalue weighted by Crippen LogP contribution is 2.23. The van der Waals surface area contributed by atoms with E-state index in [1.165, 1.54) is 0 Å². The molecule has 6 nitrogen and oxygen atoms in total. The van der Waals surface area contributed by atoms with E-state index in [1.807, 2.05) is 4.90 Å². The third kappa shape index (κ3) is 7.13. The number of nitrogens with one attached hydrogen (secondary N) is 1. The zero-order valence-electron chi connectivity index (χ0n) is 15.0. The van der Waals surface area contributed by atoms with E-state index in [0.717, 1.165) is 32.1 Å². The minimum Gasteiger partial charge on any atom is -0.381 e. The lowest BCUT2D eigenvalue weighted by molar-refractivity contribution is 0.108. The van der Waals surface area contributed by atoms with E-state index in [4.69, 9.17) is 4.74 Å². The van der Waals surface area contributed by atoms with Crippen LogP contribution in [0, 0.1) is 5.92 Å². The Morgan fingerprint density at radius 2 is 2.04 bits per heavy atom. The summed E-state index contributed by atoms with van der Waals surface area (Å²) in [7, 11) is -1.29. The van der Waals surface area contributed by atoms with E-state index in [0.29, 0.717) is 19.0 Å². The first-order chi connectivity index (χ1) is 10.2. The van der Waals surface area contributed by atoms with Crippen molar-refractivity contribution in [2.75, 3.05) is 45.6 Å². The van der Waals surface area contributed by atoms with Crippen molar-refractivity contribution < 1.29 is 13.2 Å². The van der Waals surface area contributed by atoms with Gasteiger partial charge in [-0.05, 0) is 26.2 Å². The van der Waals surface area contributed by atoms with Gasteiger partial charge in [-0.3, -0.25) is 4.99 Å². The lowest BCUT2D eigenvalue weighted by atomic mass is 10.2. The normalized spacial score (nSPS) is 20.3. The van der Waals surface area contributed by atoms with Gasteiger partial charge in [0, 0.05) is 39.9 Å². The zero-order chi connectivity index (χ0) is 16.8. The number of hydrogen-bond donors (Lipinski definition) is 1. The summed E-state index contributed by atoms with van der Waals surface area (Å²) in [5.74, 6) is 1.50. The van der Waals surface area contributed by atoms with Crippen LogP contribution in [0.4, 0.5) is 0 Å². The average Bonchev–Trinajstić information content (AvgIpc) is 2.41. The van der Waals surface area contributed by atoms with E-state index in [-0.39, 0.29) is 29.7 Å². The highest BCUT2D eigenvalue weighted by atomic mass is 127. The van der Waals surface area contributed by atoms with Crippen LogP contribution in [0.3, 0.4) is 0 Å². The molecule has 0 radical (unpaired) electrons. The summed E-state index contributed by atoms with van der Waals surface area (Å²) in [6.45, 7) is 11.1. The molecule has 8 heteroatoms. The number of rotatable bonds is 6. The predicted octanol–water partition coefficient (Wildman–Crippen LogP) is 1.75. The van der Waals surface area contributed by atoms with Gasteiger partial charge in [-0.25, -0.2) is 8.42 Å². The quantitative estimate of drug-likeness (QED) is 0.283. The molecule has 0 unspecified atom stereocenters. The van der Waals surface area contributed by atoms with Crippen LogP contribution in [0.25, 0.3) is 0 Å². The van der Waals surface area contributed by atoms with Crippen LogP contribution in [-0.2, 0) is 14.6 Å². The summed E-state index contributed by atoms with van der Waals surface area (Å²) in [4.78, 5) is 6.29. The van der Waals surface area contributed by atoms with Crippen molar-refractivity contribution in [2.45, 2.75) is 38.9 Å². The molecule has 23 heavy (non-hydrogen) atoms. The lowest BCUT2D eigenvalue weighted by Crippen LogP contribution is -2.57. The molecule has 1 heterocycles. The summed E-state index contributed by atoms with van der Waals surface area (Å²) in [6.07, 6.45) is 0.904. The fourth-order valence-electron chi connectivity index (χ4n) is 2.35. The number of nitrogens with zero attached hydrogens (tertiary/aromatic N) is 2. The molecule has 1 N–H and O–H groups in total. The Morgan fingerprint density at radius 1 is 1.39 bits per heavy atom. The number of sulfone groups is 1. The second-order valence-electron chi connectivity index (χ2n) is 6.80. The highest BCUT2D eigenvalue weighted by molar-refractivity contribution is 14.0. The van der Waals surface area contributed by atoms with Crippen molar-refractivity contribution in [3.8, 4) is 0 Å². The fraction of sp³-hybridized carbons (Fsp3) is 0.933. The SMILES string of the molecule is CN=C(NCCCOCC(C)C)N1CCS(=O)(=O)C(C)(C)C1.I. The second kappa shape index (κ2) is 10.0. The van der Waals surface area contributed by atoms with Crippen molar-refractivity contribution in [1.29, 1.82) is 0 Å². The van der Waals surface area contributed by atoms with Crippen LogP contribution in [0.2, 0.25) is 0 Å². The van der Waals surface area contributed by atoms with Gasteiger partial charge in [-0.1, -0.05) is 13.8 Å². The molecule has 0 amide bonds. The molecule has 0 bridgehead atoms. The van der Waals surface area contributed by atoms with Crippen molar-refractivity contribution in [3.05, 3.63) is 0 Å². The van der Waals surface area contributed by atoms with Gasteiger partial charge in [0.2, 0.25) is 0 Å². The summed E-state index contributed by atoms with van der Waals surface area (Å²) < 4.78 is 28.9. The van der Waals surface area contributed by atoms with Gasteiger partial charge in [0.05, 0.1) is 10.5 Å². The summed E-state index contributed by atoms with van der Waals surface area (Å²) in [5.41, 5.74) is 0. The van der Waals surface area contributed by atoms with Crippen LogP contribution in [0.1, 0.15) is 34.1 Å². The van der Waals surface area contributed by atoms with Crippen molar-refractivity contribution in [1.82, 2.24) is 10.2 Å². The third-order valence-electron chi connectivity index (χ3n) is 3.75. The number of aliphatic imine (C=N–C) groups is 1. The molecule has 0 aromatic heterocycles. The maximum atomic E-state index is 12.0. The topological polar surface area (TPSA) is 71.0 Å². The molecule has 138 valence electrons. The second-order valence-corrected chi connectivity index (χ2v) is 9.54. The first kappa shape index (κ1) is 22.9. The third-order valence-corrected chi connectivity index (χ3v) is 6.29. The Balaban J connectivity index is 0.00000484. The molecule has 0 aromatic rings. The molecule has 0 aromatic carbocycles. The lowest BCUT2D eigenvalue weighted by Gasteiger charge is -2.39. The molecular weight excluding hydrogens is 429 g/mol. The molecule has 1 fully saturated rings. The van der Waals surface area contributed by atoms with Crippen molar-refractivity contribution >= 4 is 39.8 Å². The van der Waals surface area contributed by atoms with Crippen LogP contribution in [0.15, 0.2) is 4.99 Å². The van der Waals surface area contributed by atoms with Crippen LogP contribution in [-0.4, -0.2) is 69.7 Å². The Hall–Kier alpha value is -0.0900. The Kier molecular flexibility index (Phi) is 9.99. The standard InChI is InChI=1S/C15H31N3O3S.HI/c1-13(2)11-21-9-6-7-17-14(16-5)18-8-10-22(19,20)15(3,4)12-18;/h13H,6-12H2,1-5H3,(H,16,17);1H. The molecule has 0 atom stereocenters. The minimum atomic E-state index is -3.02. The fourth-order valence-corrected chi connectivity index (χ4v) is 3.72.